The summed E-state index contributed by atoms with van der Waals surface area (Å²) in [6, 6.07) is 6.11. The third-order valence-corrected chi connectivity index (χ3v) is 15.0. The molecule has 0 aromatic heterocycles. The molecule has 1 aliphatic carbocycles. The molecule has 1 aliphatic rings. The standard InChI is InChI=1S/C19H43NO2Si2/c1-7-21-23(6,22-8-2)18-17-20(19-15-13-12-14-16-19)24(9-3,10-4)11-5/h19H,7-18H2,1-6H3. The van der Waals surface area contributed by atoms with Crippen molar-refractivity contribution in [2.75, 3.05) is 19.8 Å². The van der Waals surface area contributed by atoms with E-state index in [-0.39, 0.29) is 0 Å². The second kappa shape index (κ2) is 11.1. The molecule has 0 aromatic carbocycles. The van der Waals surface area contributed by atoms with Crippen molar-refractivity contribution in [2.24, 2.45) is 0 Å². The van der Waals surface area contributed by atoms with Crippen LogP contribution in [0, 0.1) is 0 Å². The van der Waals surface area contributed by atoms with Crippen molar-refractivity contribution in [2.45, 2.75) is 103 Å². The third kappa shape index (κ3) is 5.94. The predicted molar refractivity (Wildman–Crippen MR) is 110 cm³/mol. The number of hydrogen-bond acceptors (Lipinski definition) is 3. The first-order valence-electron chi connectivity index (χ1n) is 10.5. The van der Waals surface area contributed by atoms with E-state index in [4.69, 9.17) is 8.85 Å². The Morgan fingerprint density at radius 2 is 1.33 bits per heavy atom. The van der Waals surface area contributed by atoms with E-state index in [0.717, 1.165) is 25.3 Å². The van der Waals surface area contributed by atoms with E-state index in [9.17, 15) is 0 Å². The maximum Gasteiger partial charge on any atom is 0.336 e. The highest BCUT2D eigenvalue weighted by Gasteiger charge is 2.41. The van der Waals surface area contributed by atoms with Crippen LogP contribution in [-0.4, -0.2) is 47.2 Å². The number of rotatable bonds is 12. The Labute approximate surface area is 153 Å². The molecule has 0 unspecified atom stereocenters. The lowest BCUT2D eigenvalue weighted by atomic mass is 9.95. The van der Waals surface area contributed by atoms with E-state index in [1.54, 1.807) is 0 Å². The molecule has 0 N–H and O–H groups in total. The average molecular weight is 374 g/mol. The molecule has 0 aliphatic heterocycles. The summed E-state index contributed by atoms with van der Waals surface area (Å²) >= 11 is 0. The monoisotopic (exact) mass is 373 g/mol. The van der Waals surface area contributed by atoms with Gasteiger partial charge in [-0.05, 0) is 57.9 Å². The van der Waals surface area contributed by atoms with Gasteiger partial charge in [0.15, 0.2) is 0 Å². The molecule has 0 radical (unpaired) electrons. The minimum atomic E-state index is -2.01. The van der Waals surface area contributed by atoms with Crippen molar-refractivity contribution < 1.29 is 8.85 Å². The zero-order chi connectivity index (χ0) is 18.1. The first-order chi connectivity index (χ1) is 11.5. The van der Waals surface area contributed by atoms with Crippen LogP contribution in [0.25, 0.3) is 0 Å². The van der Waals surface area contributed by atoms with E-state index in [0.29, 0.717) is 0 Å². The van der Waals surface area contributed by atoms with Crippen molar-refractivity contribution in [3.63, 3.8) is 0 Å². The third-order valence-electron chi connectivity index (χ3n) is 6.31. The minimum absolute atomic E-state index is 0.782. The van der Waals surface area contributed by atoms with Crippen molar-refractivity contribution in [3.05, 3.63) is 0 Å². The van der Waals surface area contributed by atoms with E-state index in [1.165, 1.54) is 56.8 Å². The molecule has 1 rings (SSSR count). The van der Waals surface area contributed by atoms with Crippen molar-refractivity contribution >= 4 is 16.8 Å². The van der Waals surface area contributed by atoms with Gasteiger partial charge in [-0.1, -0.05) is 40.0 Å². The lowest BCUT2D eigenvalue weighted by Gasteiger charge is -2.48. The number of hydrogen-bond donors (Lipinski definition) is 0. The maximum absolute atomic E-state index is 6.13. The van der Waals surface area contributed by atoms with Crippen LogP contribution in [0.2, 0.25) is 30.7 Å². The lowest BCUT2D eigenvalue weighted by Crippen LogP contribution is -2.58. The van der Waals surface area contributed by atoms with Gasteiger partial charge in [0.25, 0.3) is 0 Å². The summed E-state index contributed by atoms with van der Waals surface area (Å²) in [5.74, 6) is 0. The van der Waals surface area contributed by atoms with E-state index >= 15 is 0 Å². The zero-order valence-electron chi connectivity index (χ0n) is 17.3. The van der Waals surface area contributed by atoms with Gasteiger partial charge in [0.1, 0.15) is 8.24 Å². The molecular weight excluding hydrogens is 330 g/mol. The van der Waals surface area contributed by atoms with E-state index in [2.05, 4.69) is 45.7 Å². The largest absolute Gasteiger partial charge is 0.395 e. The van der Waals surface area contributed by atoms with Crippen LogP contribution < -0.4 is 0 Å². The Morgan fingerprint density at radius 1 is 0.833 bits per heavy atom. The van der Waals surface area contributed by atoms with Gasteiger partial charge in [0, 0.05) is 25.3 Å². The van der Waals surface area contributed by atoms with Crippen LogP contribution in [0.3, 0.4) is 0 Å². The molecule has 144 valence electrons. The average Bonchev–Trinajstić information content (AvgIpc) is 2.60. The normalized spacial score (nSPS) is 17.6. The fraction of sp³-hybridized carbons (Fsp3) is 1.00. The van der Waals surface area contributed by atoms with Crippen molar-refractivity contribution in [3.8, 4) is 0 Å². The molecule has 0 atom stereocenters. The van der Waals surface area contributed by atoms with Crippen LogP contribution in [0.4, 0.5) is 0 Å². The Hall–Kier alpha value is 0.314. The fourth-order valence-electron chi connectivity index (χ4n) is 4.68. The predicted octanol–water partition coefficient (Wildman–Crippen LogP) is 5.77. The molecule has 0 amide bonds. The summed E-state index contributed by atoms with van der Waals surface area (Å²) in [7, 11) is -3.35. The smallest absolute Gasteiger partial charge is 0.336 e. The van der Waals surface area contributed by atoms with Crippen LogP contribution >= 0.6 is 0 Å². The van der Waals surface area contributed by atoms with Gasteiger partial charge >= 0.3 is 8.56 Å². The van der Waals surface area contributed by atoms with Crippen LogP contribution in [-0.2, 0) is 8.85 Å². The molecule has 3 nitrogen and oxygen atoms in total. The Balaban J connectivity index is 2.91. The molecular formula is C19H43NO2Si2. The highest BCUT2D eigenvalue weighted by molar-refractivity contribution is 6.77. The summed E-state index contributed by atoms with van der Waals surface area (Å²) in [6.07, 6.45) is 7.11. The summed E-state index contributed by atoms with van der Waals surface area (Å²) < 4.78 is 15.3. The second-order valence-electron chi connectivity index (χ2n) is 7.52. The summed E-state index contributed by atoms with van der Waals surface area (Å²) in [5, 5.41) is 0. The Kier molecular flexibility index (Phi) is 10.4. The molecule has 0 heterocycles. The van der Waals surface area contributed by atoms with Crippen LogP contribution in [0.1, 0.15) is 66.7 Å². The van der Waals surface area contributed by atoms with Gasteiger partial charge in [-0.15, -0.1) is 0 Å². The summed E-state index contributed by atoms with van der Waals surface area (Å²) in [4.78, 5) is 0. The van der Waals surface area contributed by atoms with Gasteiger partial charge in [-0.2, -0.15) is 0 Å². The van der Waals surface area contributed by atoms with E-state index in [1.807, 2.05) is 0 Å². The van der Waals surface area contributed by atoms with Gasteiger partial charge in [-0.3, -0.25) is 0 Å². The van der Waals surface area contributed by atoms with Crippen molar-refractivity contribution in [1.29, 1.82) is 0 Å². The topological polar surface area (TPSA) is 21.7 Å². The van der Waals surface area contributed by atoms with Crippen LogP contribution in [0.5, 0.6) is 0 Å². The number of nitrogens with zero attached hydrogens (tertiary/aromatic N) is 1. The van der Waals surface area contributed by atoms with Crippen molar-refractivity contribution in [1.82, 2.24) is 4.57 Å². The highest BCUT2D eigenvalue weighted by atomic mass is 28.4. The second-order valence-corrected chi connectivity index (χ2v) is 16.0. The zero-order valence-corrected chi connectivity index (χ0v) is 19.3. The fourth-order valence-corrected chi connectivity index (χ4v) is 11.5. The molecule has 24 heavy (non-hydrogen) atoms. The maximum atomic E-state index is 6.13. The SMILES string of the molecule is CCO[Si](C)(CCN(C1CCCCC1)[Si](CC)(CC)CC)OCC. The molecule has 0 aromatic rings. The first kappa shape index (κ1) is 22.4. The molecule has 0 bridgehead atoms. The Morgan fingerprint density at radius 3 is 1.75 bits per heavy atom. The first-order valence-corrected chi connectivity index (χ1v) is 15.6. The van der Waals surface area contributed by atoms with Crippen LogP contribution in [0.15, 0.2) is 0 Å². The Bertz CT molecular complexity index is 317. The molecule has 5 heteroatoms. The molecule has 1 fully saturated rings. The lowest BCUT2D eigenvalue weighted by molar-refractivity contribution is 0.180. The van der Waals surface area contributed by atoms with Gasteiger partial charge in [-0.25, -0.2) is 0 Å². The molecule has 1 saturated carbocycles. The van der Waals surface area contributed by atoms with E-state index < -0.39 is 16.8 Å². The summed E-state index contributed by atoms with van der Waals surface area (Å²) in [5.41, 5.74) is 0. The molecule has 0 spiro atoms. The van der Waals surface area contributed by atoms with Gasteiger partial charge in [0.05, 0.1) is 0 Å². The summed E-state index contributed by atoms with van der Waals surface area (Å²) in [6.45, 7) is 16.6. The van der Waals surface area contributed by atoms with Gasteiger partial charge in [0.2, 0.25) is 0 Å². The quantitative estimate of drug-likeness (QED) is 0.405. The molecule has 0 saturated heterocycles. The highest BCUT2D eigenvalue weighted by Crippen LogP contribution is 2.34. The van der Waals surface area contributed by atoms with Gasteiger partial charge < -0.3 is 13.4 Å². The minimum Gasteiger partial charge on any atom is -0.395 e.